The maximum absolute atomic E-state index is 13.4. The summed E-state index contributed by atoms with van der Waals surface area (Å²) in [5.41, 5.74) is 8.03. The maximum Gasteiger partial charge on any atom is 0.143 e. The fraction of sp³-hybridized carbons (Fsp3) is 0.200. The monoisotopic (exact) mass is 289 g/mol. The first kappa shape index (κ1) is 14.4. The molecule has 2 N–H and O–H groups in total. The molecule has 1 aromatic carbocycles. The quantitative estimate of drug-likeness (QED) is 0.877. The summed E-state index contributed by atoms with van der Waals surface area (Å²) in [6.07, 6.45) is 0. The van der Waals surface area contributed by atoms with E-state index in [0.717, 1.165) is 11.4 Å². The topological polar surface area (TPSA) is 42.2 Å². The van der Waals surface area contributed by atoms with E-state index >= 15 is 0 Å². The van der Waals surface area contributed by atoms with Crippen LogP contribution in [0.3, 0.4) is 0 Å². The molecule has 0 atom stereocenters. The Labute approximate surface area is 123 Å². The molecule has 3 nitrogen and oxygen atoms in total. The molecule has 0 radical (unpaired) electrons. The van der Waals surface area contributed by atoms with E-state index in [-0.39, 0.29) is 10.8 Å². The van der Waals surface area contributed by atoms with Crippen molar-refractivity contribution in [3.05, 3.63) is 53.5 Å². The van der Waals surface area contributed by atoms with Crippen molar-refractivity contribution in [1.29, 1.82) is 0 Å². The fourth-order valence-electron chi connectivity index (χ4n) is 2.04. The molecule has 0 saturated carbocycles. The lowest BCUT2D eigenvalue weighted by molar-refractivity contribution is 0.627. The number of anilines is 2. The molecular weight excluding hydrogens is 273 g/mol. The minimum atomic E-state index is -0.287. The summed E-state index contributed by atoms with van der Waals surface area (Å²) < 4.78 is 13.4. The van der Waals surface area contributed by atoms with Crippen molar-refractivity contribution in [2.24, 2.45) is 5.73 Å². The second-order valence-electron chi connectivity index (χ2n) is 4.41. The summed E-state index contributed by atoms with van der Waals surface area (Å²) in [7, 11) is 0. The van der Waals surface area contributed by atoms with Crippen LogP contribution in [-0.2, 0) is 0 Å². The van der Waals surface area contributed by atoms with Crippen LogP contribution in [0.25, 0.3) is 0 Å². The van der Waals surface area contributed by atoms with Crippen LogP contribution in [0.4, 0.5) is 15.9 Å². The van der Waals surface area contributed by atoms with Gasteiger partial charge in [-0.1, -0.05) is 18.3 Å². The van der Waals surface area contributed by atoms with E-state index in [4.69, 9.17) is 18.0 Å². The first-order valence-electron chi connectivity index (χ1n) is 6.33. The summed E-state index contributed by atoms with van der Waals surface area (Å²) in [6.45, 7) is 4.50. The molecule has 0 aliphatic carbocycles. The Morgan fingerprint density at radius 1 is 1.35 bits per heavy atom. The Balaban J connectivity index is 2.57. The molecule has 0 spiro atoms. The summed E-state index contributed by atoms with van der Waals surface area (Å²) in [5, 5.41) is 0. The predicted molar refractivity (Wildman–Crippen MR) is 83.9 cm³/mol. The van der Waals surface area contributed by atoms with E-state index in [1.165, 1.54) is 12.1 Å². The lowest BCUT2D eigenvalue weighted by Gasteiger charge is -2.24. The van der Waals surface area contributed by atoms with Gasteiger partial charge in [0.2, 0.25) is 0 Å². The van der Waals surface area contributed by atoms with E-state index in [1.54, 1.807) is 6.07 Å². The van der Waals surface area contributed by atoms with E-state index in [1.807, 2.05) is 36.9 Å². The van der Waals surface area contributed by atoms with E-state index in [0.29, 0.717) is 17.9 Å². The average molecular weight is 289 g/mol. The molecule has 0 fully saturated rings. The van der Waals surface area contributed by atoms with Crippen LogP contribution in [-0.4, -0.2) is 16.5 Å². The van der Waals surface area contributed by atoms with Gasteiger partial charge in [0.1, 0.15) is 16.6 Å². The Hall–Kier alpha value is -2.01. The molecule has 0 bridgehead atoms. The third-order valence-electron chi connectivity index (χ3n) is 2.97. The van der Waals surface area contributed by atoms with Crippen molar-refractivity contribution in [1.82, 2.24) is 4.98 Å². The summed E-state index contributed by atoms with van der Waals surface area (Å²) in [4.78, 5) is 6.68. The summed E-state index contributed by atoms with van der Waals surface area (Å²) in [5.74, 6) is 0.371. The molecule has 1 heterocycles. The van der Waals surface area contributed by atoms with Gasteiger partial charge in [-0.15, -0.1) is 0 Å². The van der Waals surface area contributed by atoms with Crippen LogP contribution in [0.5, 0.6) is 0 Å². The Morgan fingerprint density at radius 2 is 2.10 bits per heavy atom. The molecule has 0 aliphatic heterocycles. The van der Waals surface area contributed by atoms with Gasteiger partial charge in [-0.2, -0.15) is 0 Å². The molecule has 0 amide bonds. The van der Waals surface area contributed by atoms with Crippen molar-refractivity contribution in [2.45, 2.75) is 13.8 Å². The molecule has 20 heavy (non-hydrogen) atoms. The lowest BCUT2D eigenvalue weighted by Crippen LogP contribution is -2.23. The normalized spacial score (nSPS) is 10.3. The highest BCUT2D eigenvalue weighted by Crippen LogP contribution is 2.27. The summed E-state index contributed by atoms with van der Waals surface area (Å²) >= 11 is 5.07. The highest BCUT2D eigenvalue weighted by molar-refractivity contribution is 7.80. The van der Waals surface area contributed by atoms with Crippen molar-refractivity contribution >= 4 is 28.7 Å². The first-order valence-corrected chi connectivity index (χ1v) is 6.74. The molecule has 2 rings (SSSR count). The molecular formula is C15H16FN3S. The third kappa shape index (κ3) is 2.93. The number of aryl methyl sites for hydroxylation is 1. The number of pyridine rings is 1. The van der Waals surface area contributed by atoms with Gasteiger partial charge in [0.05, 0.1) is 5.56 Å². The fourth-order valence-corrected chi connectivity index (χ4v) is 2.20. The van der Waals surface area contributed by atoms with Gasteiger partial charge >= 0.3 is 0 Å². The van der Waals surface area contributed by atoms with Crippen molar-refractivity contribution < 1.29 is 4.39 Å². The minimum Gasteiger partial charge on any atom is -0.389 e. The van der Waals surface area contributed by atoms with Crippen LogP contribution in [0, 0.1) is 12.7 Å². The van der Waals surface area contributed by atoms with E-state index in [9.17, 15) is 4.39 Å². The second kappa shape index (κ2) is 5.96. The third-order valence-corrected chi connectivity index (χ3v) is 3.19. The lowest BCUT2D eigenvalue weighted by atomic mass is 10.2. The first-order chi connectivity index (χ1) is 9.52. The van der Waals surface area contributed by atoms with E-state index in [2.05, 4.69) is 4.98 Å². The average Bonchev–Trinajstić information content (AvgIpc) is 2.39. The Morgan fingerprint density at radius 3 is 2.70 bits per heavy atom. The van der Waals surface area contributed by atoms with Crippen LogP contribution in [0.2, 0.25) is 0 Å². The van der Waals surface area contributed by atoms with Gasteiger partial charge in [-0.3, -0.25) is 0 Å². The molecule has 1 aromatic heterocycles. The maximum atomic E-state index is 13.4. The summed E-state index contributed by atoms with van der Waals surface area (Å²) in [6, 6.07) is 10.1. The van der Waals surface area contributed by atoms with Crippen molar-refractivity contribution in [3.8, 4) is 0 Å². The molecule has 0 unspecified atom stereocenters. The van der Waals surface area contributed by atoms with Crippen LogP contribution in [0.1, 0.15) is 18.2 Å². The van der Waals surface area contributed by atoms with Crippen molar-refractivity contribution in [2.75, 3.05) is 11.4 Å². The van der Waals surface area contributed by atoms with Gasteiger partial charge in [-0.25, -0.2) is 9.37 Å². The zero-order valence-electron chi connectivity index (χ0n) is 11.4. The standard InChI is InChI=1S/C15H16FN3S/c1-3-19(12-6-4-5-11(16)9-12)15-13(14(17)20)8-7-10(2)18-15/h4-9H,3H2,1-2H3,(H2,17,20). The number of nitrogens with zero attached hydrogens (tertiary/aromatic N) is 2. The van der Waals surface area contributed by atoms with Crippen LogP contribution >= 0.6 is 12.2 Å². The molecule has 5 heteroatoms. The number of aromatic nitrogens is 1. The number of hydrogen-bond donors (Lipinski definition) is 1. The SMILES string of the molecule is CCN(c1cccc(F)c1)c1nc(C)ccc1C(N)=S. The second-order valence-corrected chi connectivity index (χ2v) is 4.85. The largest absolute Gasteiger partial charge is 0.389 e. The molecule has 0 saturated heterocycles. The Bertz CT molecular complexity index is 643. The molecule has 0 aliphatic rings. The number of thiocarbonyl (C=S) groups is 1. The number of hydrogen-bond acceptors (Lipinski definition) is 3. The zero-order chi connectivity index (χ0) is 14.7. The van der Waals surface area contributed by atoms with Gasteiger partial charge in [0, 0.05) is 17.9 Å². The Kier molecular flexibility index (Phi) is 4.29. The van der Waals surface area contributed by atoms with Gasteiger partial charge in [0.15, 0.2) is 0 Å². The number of halogens is 1. The van der Waals surface area contributed by atoms with Gasteiger partial charge in [0.25, 0.3) is 0 Å². The highest BCUT2D eigenvalue weighted by atomic mass is 32.1. The molecule has 104 valence electrons. The number of benzene rings is 1. The number of rotatable bonds is 4. The minimum absolute atomic E-state index is 0.280. The predicted octanol–water partition coefficient (Wildman–Crippen LogP) is 3.32. The van der Waals surface area contributed by atoms with Crippen LogP contribution < -0.4 is 10.6 Å². The van der Waals surface area contributed by atoms with Crippen LogP contribution in [0.15, 0.2) is 36.4 Å². The number of nitrogens with two attached hydrogens (primary N) is 1. The zero-order valence-corrected chi connectivity index (χ0v) is 12.2. The smallest absolute Gasteiger partial charge is 0.143 e. The highest BCUT2D eigenvalue weighted by Gasteiger charge is 2.15. The van der Waals surface area contributed by atoms with Crippen molar-refractivity contribution in [3.63, 3.8) is 0 Å². The van der Waals surface area contributed by atoms with Gasteiger partial charge in [-0.05, 0) is 44.2 Å². The molecule has 2 aromatic rings. The van der Waals surface area contributed by atoms with E-state index < -0.39 is 0 Å². The van der Waals surface area contributed by atoms with Gasteiger partial charge < -0.3 is 10.6 Å².